The zero-order valence-corrected chi connectivity index (χ0v) is 19.4. The van der Waals surface area contributed by atoms with Gasteiger partial charge in [-0.15, -0.1) is 12.4 Å². The zero-order chi connectivity index (χ0) is 22.8. The van der Waals surface area contributed by atoms with Gasteiger partial charge in [-0.05, 0) is 35.9 Å². The molecule has 0 aliphatic carbocycles. The molecular weight excluding hydrogens is 459 g/mol. The largest absolute Gasteiger partial charge is 0.465 e. The lowest BCUT2D eigenvalue weighted by molar-refractivity contribution is 0.0601. The second-order valence-corrected chi connectivity index (χ2v) is 9.11. The average molecular weight is 483 g/mol. The molecule has 8 nitrogen and oxygen atoms in total. The molecule has 172 valence electrons. The predicted molar refractivity (Wildman–Crippen MR) is 123 cm³/mol. The molecule has 0 amide bonds. The van der Waals surface area contributed by atoms with Crippen LogP contribution in [0, 0.1) is 0 Å². The minimum atomic E-state index is -3.66. The van der Waals surface area contributed by atoms with Gasteiger partial charge in [0, 0.05) is 26.2 Å². The number of hydrogen-bond acceptors (Lipinski definition) is 6. The number of nitrogens with two attached hydrogens (primary N) is 1. The van der Waals surface area contributed by atoms with E-state index < -0.39 is 21.8 Å². The van der Waals surface area contributed by atoms with E-state index in [1.807, 2.05) is 0 Å². The summed E-state index contributed by atoms with van der Waals surface area (Å²) < 4.78 is 46.7. The van der Waals surface area contributed by atoms with Crippen LogP contribution in [0.1, 0.15) is 10.4 Å². The quantitative estimate of drug-likeness (QED) is 0.519. The van der Waals surface area contributed by atoms with Gasteiger partial charge < -0.3 is 15.0 Å². The Balaban J connectivity index is 0.00000363. The first-order chi connectivity index (χ1) is 14.7. The maximum absolute atomic E-state index is 14.1. The highest BCUT2D eigenvalue weighted by atomic mass is 35.5. The van der Waals surface area contributed by atoms with Crippen molar-refractivity contribution in [2.75, 3.05) is 27.7 Å². The van der Waals surface area contributed by atoms with Gasteiger partial charge in [0.2, 0.25) is 10.0 Å². The van der Waals surface area contributed by atoms with E-state index in [0.29, 0.717) is 22.2 Å². The second-order valence-electron chi connectivity index (χ2n) is 6.96. The Hall–Kier alpha value is -2.79. The van der Waals surface area contributed by atoms with Crippen molar-refractivity contribution in [1.82, 2.24) is 13.9 Å². The Labute approximate surface area is 191 Å². The van der Waals surface area contributed by atoms with Crippen molar-refractivity contribution < 1.29 is 22.3 Å². The van der Waals surface area contributed by atoms with Gasteiger partial charge in [-0.1, -0.05) is 12.1 Å². The second kappa shape index (κ2) is 10.2. The summed E-state index contributed by atoms with van der Waals surface area (Å²) >= 11 is 0. The fourth-order valence-corrected chi connectivity index (χ4v) is 4.08. The van der Waals surface area contributed by atoms with Gasteiger partial charge in [-0.2, -0.15) is 0 Å². The molecule has 2 aromatic carbocycles. The molecule has 32 heavy (non-hydrogen) atoms. The van der Waals surface area contributed by atoms with Crippen molar-refractivity contribution in [3.63, 3.8) is 0 Å². The molecule has 0 saturated heterocycles. The molecule has 0 aliphatic rings. The summed E-state index contributed by atoms with van der Waals surface area (Å²) in [6, 6.07) is 9.49. The third kappa shape index (κ3) is 4.99. The smallest absolute Gasteiger partial charge is 0.337 e. The molecule has 2 N–H and O–H groups in total. The third-order valence-corrected chi connectivity index (χ3v) is 6.54. The summed E-state index contributed by atoms with van der Waals surface area (Å²) in [5, 5.41) is 0. The van der Waals surface area contributed by atoms with Crippen LogP contribution in [0.25, 0.3) is 22.2 Å². The standard InChI is InChI=1S/C21H23FN4O4S.ClH/c1-25(2)31(28,29)17-6-4-5-14(9-17)18-10-15(21(27)30-3)11-19-20(18)24-13-26(19)12-16(22)7-8-23;/h4-7,9-11,13H,8,12,23H2,1-3H3;1H/b16-7-;. The first-order valence-corrected chi connectivity index (χ1v) is 10.8. The number of halogens is 2. The first kappa shape index (κ1) is 25.5. The molecule has 0 fully saturated rings. The Kier molecular flexibility index (Phi) is 8.13. The number of allylic oxidation sites excluding steroid dienone is 1. The Morgan fingerprint density at radius 3 is 2.62 bits per heavy atom. The third-order valence-electron chi connectivity index (χ3n) is 4.73. The SMILES string of the molecule is COC(=O)c1cc(-c2cccc(S(=O)(=O)N(C)C)c2)c2ncn(C/C(F)=C/CN)c2c1.Cl. The van der Waals surface area contributed by atoms with E-state index in [0.717, 1.165) is 4.31 Å². The molecule has 1 aromatic heterocycles. The fraction of sp³-hybridized carbons (Fsp3) is 0.238. The minimum Gasteiger partial charge on any atom is -0.465 e. The van der Waals surface area contributed by atoms with E-state index in [4.69, 9.17) is 10.5 Å². The number of rotatable bonds is 7. The number of nitrogens with zero attached hydrogens (tertiary/aromatic N) is 3. The summed E-state index contributed by atoms with van der Waals surface area (Å²) in [5.41, 5.74) is 7.66. The summed E-state index contributed by atoms with van der Waals surface area (Å²) in [6.45, 7) is -0.0446. The monoisotopic (exact) mass is 482 g/mol. The average Bonchev–Trinajstić information content (AvgIpc) is 3.15. The Morgan fingerprint density at radius 2 is 2.00 bits per heavy atom. The number of carbonyl (C=O) groups is 1. The summed E-state index contributed by atoms with van der Waals surface area (Å²) in [6.07, 6.45) is 2.71. The number of esters is 1. The van der Waals surface area contributed by atoms with Crippen LogP contribution in [-0.4, -0.2) is 56.0 Å². The molecule has 3 rings (SSSR count). The Bertz CT molecular complexity index is 1270. The lowest BCUT2D eigenvalue weighted by Crippen LogP contribution is -2.22. The molecule has 0 atom stereocenters. The van der Waals surface area contributed by atoms with Gasteiger partial charge in [0.1, 0.15) is 5.83 Å². The maximum atomic E-state index is 14.1. The van der Waals surface area contributed by atoms with E-state index in [1.165, 1.54) is 45.7 Å². The Morgan fingerprint density at radius 1 is 1.28 bits per heavy atom. The molecule has 0 unspecified atom stereocenters. The van der Waals surface area contributed by atoms with Gasteiger partial charge >= 0.3 is 5.97 Å². The summed E-state index contributed by atoms with van der Waals surface area (Å²) in [4.78, 5) is 16.7. The molecule has 1 heterocycles. The molecule has 11 heteroatoms. The lowest BCUT2D eigenvalue weighted by Gasteiger charge is -2.13. The molecule has 0 spiro atoms. The van der Waals surface area contributed by atoms with Gasteiger partial charge in [-0.3, -0.25) is 0 Å². The first-order valence-electron chi connectivity index (χ1n) is 9.33. The predicted octanol–water partition coefficient (Wildman–Crippen LogP) is 2.97. The van der Waals surface area contributed by atoms with Crippen molar-refractivity contribution in [3.8, 4) is 11.1 Å². The van der Waals surface area contributed by atoms with E-state index in [2.05, 4.69) is 4.98 Å². The maximum Gasteiger partial charge on any atom is 0.337 e. The van der Waals surface area contributed by atoms with Crippen molar-refractivity contribution in [3.05, 3.63) is 60.2 Å². The highest BCUT2D eigenvalue weighted by Crippen LogP contribution is 2.32. The molecule has 3 aromatic rings. The number of hydrogen-bond donors (Lipinski definition) is 1. The van der Waals surface area contributed by atoms with Crippen LogP contribution in [-0.2, 0) is 21.3 Å². The van der Waals surface area contributed by atoms with Crippen molar-refractivity contribution in [1.29, 1.82) is 0 Å². The van der Waals surface area contributed by atoms with Gasteiger partial charge in [0.25, 0.3) is 0 Å². The number of benzene rings is 2. The van der Waals surface area contributed by atoms with Gasteiger partial charge in [-0.25, -0.2) is 26.9 Å². The van der Waals surface area contributed by atoms with Crippen LogP contribution >= 0.6 is 12.4 Å². The number of aromatic nitrogens is 2. The van der Waals surface area contributed by atoms with E-state index in [9.17, 15) is 17.6 Å². The lowest BCUT2D eigenvalue weighted by atomic mass is 10.0. The van der Waals surface area contributed by atoms with Gasteiger partial charge in [0.05, 0.1) is 41.5 Å². The zero-order valence-electron chi connectivity index (χ0n) is 17.8. The van der Waals surface area contributed by atoms with Gasteiger partial charge in [0.15, 0.2) is 0 Å². The summed E-state index contributed by atoms with van der Waals surface area (Å²) in [7, 11) is 0.495. The molecule has 0 radical (unpaired) electrons. The van der Waals surface area contributed by atoms with E-state index >= 15 is 0 Å². The topological polar surface area (TPSA) is 108 Å². The number of sulfonamides is 1. The van der Waals surface area contributed by atoms with Crippen LogP contribution in [0.5, 0.6) is 0 Å². The highest BCUT2D eigenvalue weighted by Gasteiger charge is 2.20. The van der Waals surface area contributed by atoms with Crippen LogP contribution in [0.4, 0.5) is 4.39 Å². The van der Waals surface area contributed by atoms with Crippen LogP contribution < -0.4 is 5.73 Å². The van der Waals surface area contributed by atoms with E-state index in [-0.39, 0.29) is 36.0 Å². The number of methoxy groups -OCH3 is 1. The number of ether oxygens (including phenoxy) is 1. The van der Waals surface area contributed by atoms with Crippen molar-refractivity contribution >= 4 is 39.4 Å². The van der Waals surface area contributed by atoms with Crippen LogP contribution in [0.3, 0.4) is 0 Å². The van der Waals surface area contributed by atoms with E-state index in [1.54, 1.807) is 28.8 Å². The minimum absolute atomic E-state index is 0. The van der Waals surface area contributed by atoms with Crippen molar-refractivity contribution in [2.45, 2.75) is 11.4 Å². The molecular formula is C21H24ClFN4O4S. The molecule has 0 bridgehead atoms. The molecule has 0 aliphatic heterocycles. The van der Waals surface area contributed by atoms with Crippen molar-refractivity contribution in [2.24, 2.45) is 5.73 Å². The van der Waals surface area contributed by atoms with Crippen LogP contribution in [0.2, 0.25) is 0 Å². The van der Waals surface area contributed by atoms with Crippen LogP contribution in [0.15, 0.2) is 59.5 Å². The normalized spacial score (nSPS) is 12.1. The summed E-state index contributed by atoms with van der Waals surface area (Å²) in [5.74, 6) is -1.02. The fourth-order valence-electron chi connectivity index (χ4n) is 3.14. The number of imidazole rings is 1. The number of fused-ring (bicyclic) bond motifs is 1. The highest BCUT2D eigenvalue weighted by molar-refractivity contribution is 7.89. The number of carbonyl (C=O) groups excluding carboxylic acids is 1. The molecule has 0 saturated carbocycles.